The third kappa shape index (κ3) is 3.50. The molecule has 0 aliphatic carbocycles. The molecule has 0 radical (unpaired) electrons. The molecule has 1 atom stereocenters. The van der Waals surface area contributed by atoms with Crippen molar-refractivity contribution in [1.82, 2.24) is 5.32 Å². The molecular weight excluding hydrogens is 302 g/mol. The number of aliphatic hydroxyl groups excluding tert-OH is 1. The molecule has 5 heteroatoms. The minimum absolute atomic E-state index is 0.0578. The highest BCUT2D eigenvalue weighted by Crippen LogP contribution is 2.29. The number of rotatable bonds is 5. The van der Waals surface area contributed by atoms with E-state index < -0.39 is 6.10 Å². The number of amides is 1. The number of benzene rings is 1. The first kappa shape index (κ1) is 14.3. The minimum atomic E-state index is -0.658. The van der Waals surface area contributed by atoms with E-state index in [0.29, 0.717) is 6.42 Å². The van der Waals surface area contributed by atoms with E-state index in [1.807, 2.05) is 47.8 Å². The Balaban J connectivity index is 1.58. The SMILES string of the molecule is O=C(Cc1cccs1)NCC(O)c1cc2ccccc2s1. The van der Waals surface area contributed by atoms with Crippen LogP contribution in [-0.2, 0) is 11.2 Å². The number of hydrogen-bond acceptors (Lipinski definition) is 4. The molecule has 2 aromatic heterocycles. The van der Waals surface area contributed by atoms with Gasteiger partial charge in [0.05, 0.1) is 6.42 Å². The minimum Gasteiger partial charge on any atom is -0.386 e. The molecule has 1 amide bonds. The van der Waals surface area contributed by atoms with Crippen LogP contribution in [0.3, 0.4) is 0 Å². The molecule has 0 saturated heterocycles. The lowest BCUT2D eigenvalue weighted by Gasteiger charge is -2.09. The number of hydrogen-bond donors (Lipinski definition) is 2. The molecule has 0 aliphatic heterocycles. The average Bonchev–Trinajstić information content (AvgIpc) is 3.13. The Morgan fingerprint density at radius 2 is 2.10 bits per heavy atom. The number of nitrogens with one attached hydrogen (secondary N) is 1. The van der Waals surface area contributed by atoms with E-state index in [1.54, 1.807) is 22.7 Å². The predicted molar refractivity (Wildman–Crippen MR) is 87.8 cm³/mol. The fraction of sp³-hybridized carbons (Fsp3) is 0.188. The van der Waals surface area contributed by atoms with Crippen molar-refractivity contribution in [3.8, 4) is 0 Å². The zero-order chi connectivity index (χ0) is 14.7. The number of aliphatic hydroxyl groups is 1. The molecule has 0 bridgehead atoms. The smallest absolute Gasteiger partial charge is 0.225 e. The van der Waals surface area contributed by atoms with Gasteiger partial charge in [0.15, 0.2) is 0 Å². The van der Waals surface area contributed by atoms with Gasteiger partial charge in [-0.15, -0.1) is 22.7 Å². The second-order valence-corrected chi connectivity index (χ2v) is 6.91. The highest BCUT2D eigenvalue weighted by Gasteiger charge is 2.13. The average molecular weight is 317 g/mol. The second-order valence-electron chi connectivity index (χ2n) is 4.76. The van der Waals surface area contributed by atoms with E-state index in [0.717, 1.165) is 19.8 Å². The maximum atomic E-state index is 11.8. The van der Waals surface area contributed by atoms with E-state index >= 15 is 0 Å². The summed E-state index contributed by atoms with van der Waals surface area (Å²) in [6.07, 6.45) is -0.286. The van der Waals surface area contributed by atoms with Crippen LogP contribution in [0.15, 0.2) is 47.8 Å². The Labute approximate surface area is 130 Å². The van der Waals surface area contributed by atoms with Gasteiger partial charge in [0.1, 0.15) is 6.10 Å². The van der Waals surface area contributed by atoms with E-state index in [2.05, 4.69) is 5.32 Å². The summed E-state index contributed by atoms with van der Waals surface area (Å²) < 4.78 is 1.15. The Morgan fingerprint density at radius 1 is 1.24 bits per heavy atom. The van der Waals surface area contributed by atoms with Crippen molar-refractivity contribution in [2.75, 3.05) is 6.54 Å². The van der Waals surface area contributed by atoms with Crippen LogP contribution in [0, 0.1) is 0 Å². The van der Waals surface area contributed by atoms with Gasteiger partial charge in [0.2, 0.25) is 5.91 Å². The Bertz CT molecular complexity index is 701. The number of carbonyl (C=O) groups excluding carboxylic acids is 1. The summed E-state index contributed by atoms with van der Waals surface area (Å²) in [5, 5.41) is 16.1. The molecule has 3 aromatic rings. The van der Waals surface area contributed by atoms with Crippen LogP contribution in [-0.4, -0.2) is 17.6 Å². The first-order valence-electron chi connectivity index (χ1n) is 6.68. The topological polar surface area (TPSA) is 49.3 Å². The van der Waals surface area contributed by atoms with Gasteiger partial charge < -0.3 is 10.4 Å². The predicted octanol–water partition coefficient (Wildman–Crippen LogP) is 3.36. The summed E-state index contributed by atoms with van der Waals surface area (Å²) in [4.78, 5) is 13.7. The Kier molecular flexibility index (Phi) is 4.34. The fourth-order valence-electron chi connectivity index (χ4n) is 2.11. The lowest BCUT2D eigenvalue weighted by atomic mass is 10.2. The van der Waals surface area contributed by atoms with Crippen molar-refractivity contribution in [2.24, 2.45) is 0 Å². The van der Waals surface area contributed by atoms with Crippen molar-refractivity contribution < 1.29 is 9.90 Å². The normalized spacial score (nSPS) is 12.4. The molecule has 0 aliphatic rings. The molecule has 0 saturated carbocycles. The van der Waals surface area contributed by atoms with Crippen molar-refractivity contribution >= 4 is 38.7 Å². The Morgan fingerprint density at radius 3 is 2.86 bits per heavy atom. The first-order chi connectivity index (χ1) is 10.2. The molecule has 21 heavy (non-hydrogen) atoms. The van der Waals surface area contributed by atoms with E-state index in [9.17, 15) is 9.90 Å². The van der Waals surface area contributed by atoms with Crippen LogP contribution in [0.4, 0.5) is 0 Å². The quantitative estimate of drug-likeness (QED) is 0.758. The van der Waals surface area contributed by atoms with Gasteiger partial charge >= 0.3 is 0 Å². The fourth-order valence-corrected chi connectivity index (χ4v) is 3.87. The first-order valence-corrected chi connectivity index (χ1v) is 8.37. The van der Waals surface area contributed by atoms with Crippen LogP contribution in [0.25, 0.3) is 10.1 Å². The van der Waals surface area contributed by atoms with Gasteiger partial charge in [0, 0.05) is 21.0 Å². The van der Waals surface area contributed by atoms with Gasteiger partial charge in [0.25, 0.3) is 0 Å². The van der Waals surface area contributed by atoms with Gasteiger partial charge in [-0.25, -0.2) is 0 Å². The highest BCUT2D eigenvalue weighted by atomic mass is 32.1. The number of carbonyl (C=O) groups is 1. The zero-order valence-electron chi connectivity index (χ0n) is 11.3. The maximum Gasteiger partial charge on any atom is 0.225 e. The lowest BCUT2D eigenvalue weighted by Crippen LogP contribution is -2.29. The van der Waals surface area contributed by atoms with Gasteiger partial charge in [-0.1, -0.05) is 24.3 Å². The third-order valence-electron chi connectivity index (χ3n) is 3.18. The number of fused-ring (bicyclic) bond motifs is 1. The van der Waals surface area contributed by atoms with Gasteiger partial charge in [-0.3, -0.25) is 4.79 Å². The largest absolute Gasteiger partial charge is 0.386 e. The van der Waals surface area contributed by atoms with E-state index in [1.165, 1.54) is 0 Å². The molecule has 0 spiro atoms. The van der Waals surface area contributed by atoms with E-state index in [-0.39, 0.29) is 12.5 Å². The van der Waals surface area contributed by atoms with Crippen LogP contribution < -0.4 is 5.32 Å². The molecule has 1 unspecified atom stereocenters. The van der Waals surface area contributed by atoms with Crippen LogP contribution in [0.5, 0.6) is 0 Å². The molecule has 2 N–H and O–H groups in total. The van der Waals surface area contributed by atoms with Crippen molar-refractivity contribution in [1.29, 1.82) is 0 Å². The standard InChI is InChI=1S/C16H15NO2S2/c18-13(10-17-16(19)9-12-5-3-7-20-12)15-8-11-4-1-2-6-14(11)21-15/h1-8,13,18H,9-10H2,(H,17,19). The van der Waals surface area contributed by atoms with Crippen LogP contribution in [0.2, 0.25) is 0 Å². The summed E-state index contributed by atoms with van der Waals surface area (Å²) in [6.45, 7) is 0.247. The van der Waals surface area contributed by atoms with Gasteiger partial charge in [-0.2, -0.15) is 0 Å². The lowest BCUT2D eigenvalue weighted by molar-refractivity contribution is -0.120. The molecule has 2 heterocycles. The third-order valence-corrected chi connectivity index (χ3v) is 5.27. The molecule has 3 rings (SSSR count). The van der Waals surface area contributed by atoms with Crippen molar-refractivity contribution in [2.45, 2.75) is 12.5 Å². The zero-order valence-corrected chi connectivity index (χ0v) is 12.9. The van der Waals surface area contributed by atoms with E-state index in [4.69, 9.17) is 0 Å². The van der Waals surface area contributed by atoms with Crippen LogP contribution >= 0.6 is 22.7 Å². The molecule has 0 fully saturated rings. The molecule has 3 nitrogen and oxygen atoms in total. The number of thiophene rings is 2. The summed E-state index contributed by atoms with van der Waals surface area (Å²) in [5.41, 5.74) is 0. The summed E-state index contributed by atoms with van der Waals surface area (Å²) in [7, 11) is 0. The highest BCUT2D eigenvalue weighted by molar-refractivity contribution is 7.19. The van der Waals surface area contributed by atoms with Gasteiger partial charge in [-0.05, 0) is 29.0 Å². The maximum absolute atomic E-state index is 11.8. The van der Waals surface area contributed by atoms with Crippen LogP contribution in [0.1, 0.15) is 15.9 Å². The Hall–Kier alpha value is -1.69. The summed E-state index contributed by atoms with van der Waals surface area (Å²) >= 11 is 3.13. The summed E-state index contributed by atoms with van der Waals surface area (Å²) in [5.74, 6) is -0.0578. The van der Waals surface area contributed by atoms with Crippen molar-refractivity contribution in [3.05, 3.63) is 57.6 Å². The van der Waals surface area contributed by atoms with Crippen molar-refractivity contribution in [3.63, 3.8) is 0 Å². The molecule has 1 aromatic carbocycles. The summed E-state index contributed by atoms with van der Waals surface area (Å²) in [6, 6.07) is 13.9. The molecular formula is C16H15NO2S2. The monoisotopic (exact) mass is 317 g/mol. The second kappa shape index (κ2) is 6.39. The molecule has 108 valence electrons.